The summed E-state index contributed by atoms with van der Waals surface area (Å²) in [5.74, 6) is 0.419. The highest BCUT2D eigenvalue weighted by Crippen LogP contribution is 2.42. The number of cyclic esters (lactones) is 1. The van der Waals surface area contributed by atoms with Crippen molar-refractivity contribution in [3.05, 3.63) is 18.3 Å². The van der Waals surface area contributed by atoms with Gasteiger partial charge in [0.25, 0.3) is 0 Å². The van der Waals surface area contributed by atoms with Gasteiger partial charge in [-0.3, -0.25) is 4.90 Å². The molecule has 0 radical (unpaired) electrons. The fourth-order valence-corrected chi connectivity index (χ4v) is 6.27. The van der Waals surface area contributed by atoms with E-state index in [0.29, 0.717) is 37.5 Å². The lowest BCUT2D eigenvalue weighted by atomic mass is 9.71. The van der Waals surface area contributed by atoms with Gasteiger partial charge in [-0.25, -0.2) is 18.2 Å². The van der Waals surface area contributed by atoms with Crippen LogP contribution in [0.4, 0.5) is 10.6 Å². The van der Waals surface area contributed by atoms with Gasteiger partial charge in [0.2, 0.25) is 10.0 Å². The molecular weight excluding hydrogens is 428 g/mol. The topological polar surface area (TPSA) is 83.0 Å². The van der Waals surface area contributed by atoms with Crippen molar-refractivity contribution < 1.29 is 17.9 Å². The molecule has 0 atom stereocenters. The Hall–Kier alpha value is -1.71. The van der Waals surface area contributed by atoms with Gasteiger partial charge in [-0.15, -0.1) is 0 Å². The number of ether oxygens (including phenoxy) is 1. The van der Waals surface area contributed by atoms with Crippen molar-refractivity contribution >= 4 is 21.9 Å². The van der Waals surface area contributed by atoms with Crippen molar-refractivity contribution in [1.29, 1.82) is 0 Å². The Labute approximate surface area is 192 Å². The average Bonchev–Trinajstić information content (AvgIpc) is 3.19. The van der Waals surface area contributed by atoms with Crippen LogP contribution in [0.5, 0.6) is 0 Å². The Bertz CT molecular complexity index is 908. The van der Waals surface area contributed by atoms with E-state index in [4.69, 9.17) is 4.74 Å². The number of anilines is 1. The van der Waals surface area contributed by atoms with E-state index in [-0.39, 0.29) is 10.3 Å². The van der Waals surface area contributed by atoms with Crippen molar-refractivity contribution in [3.63, 3.8) is 0 Å². The highest BCUT2D eigenvalue weighted by atomic mass is 32.2. The molecule has 0 aromatic carbocycles. The molecule has 0 unspecified atom stereocenters. The summed E-state index contributed by atoms with van der Waals surface area (Å²) in [5.41, 5.74) is 0.641. The number of carbonyl (C=O) groups is 1. The summed E-state index contributed by atoms with van der Waals surface area (Å²) in [6.07, 6.45) is 6.28. The number of hydrogen-bond donors (Lipinski definition) is 0. The van der Waals surface area contributed by atoms with Gasteiger partial charge >= 0.3 is 6.09 Å². The number of aromatic nitrogens is 1. The molecule has 0 bridgehead atoms. The summed E-state index contributed by atoms with van der Waals surface area (Å²) in [6, 6.07) is 3.12. The third-order valence-corrected chi connectivity index (χ3v) is 9.16. The molecule has 32 heavy (non-hydrogen) atoms. The standard InChI is InChI=1S/C23H36N4O4S/c1-22(2,3)6-11-25-12-7-23(8-13-25)9-14-26(15-10-23)32(29,30)19-4-5-20(24-18-19)27-16-17-31-21(27)28/h4-5,18H,6-17H2,1-3H3. The SMILES string of the molecule is CC(C)(C)CCN1CCC2(CC1)CCN(S(=O)(=O)c1ccc(N3CCOC3=O)nc1)CC2. The third kappa shape index (κ3) is 5.10. The van der Waals surface area contributed by atoms with E-state index in [2.05, 4.69) is 30.7 Å². The van der Waals surface area contributed by atoms with Crippen molar-refractivity contribution in [2.24, 2.45) is 10.8 Å². The van der Waals surface area contributed by atoms with Crippen LogP contribution in [-0.2, 0) is 14.8 Å². The maximum atomic E-state index is 13.2. The quantitative estimate of drug-likeness (QED) is 0.665. The third-order valence-electron chi connectivity index (χ3n) is 7.27. The number of likely N-dealkylation sites (tertiary alicyclic amines) is 1. The minimum absolute atomic E-state index is 0.182. The van der Waals surface area contributed by atoms with E-state index >= 15 is 0 Å². The minimum Gasteiger partial charge on any atom is -0.447 e. The van der Waals surface area contributed by atoms with Gasteiger partial charge in [0.15, 0.2) is 0 Å². The minimum atomic E-state index is -3.58. The summed E-state index contributed by atoms with van der Waals surface area (Å²) >= 11 is 0. The van der Waals surface area contributed by atoms with Crippen molar-refractivity contribution in [1.82, 2.24) is 14.2 Å². The monoisotopic (exact) mass is 464 g/mol. The molecule has 0 aliphatic carbocycles. The first-order chi connectivity index (χ1) is 15.1. The average molecular weight is 465 g/mol. The Morgan fingerprint density at radius 3 is 2.22 bits per heavy atom. The Morgan fingerprint density at radius 1 is 1.03 bits per heavy atom. The number of piperidine rings is 2. The molecule has 8 nitrogen and oxygen atoms in total. The zero-order chi connectivity index (χ0) is 23.0. The lowest BCUT2D eigenvalue weighted by Gasteiger charge is -2.46. The largest absolute Gasteiger partial charge is 0.447 e. The van der Waals surface area contributed by atoms with Gasteiger partial charge in [0.1, 0.15) is 17.3 Å². The van der Waals surface area contributed by atoms with Crippen LogP contribution in [0.15, 0.2) is 23.2 Å². The molecule has 1 aromatic heterocycles. The van der Waals surface area contributed by atoms with E-state index in [1.807, 2.05) is 0 Å². The summed E-state index contributed by atoms with van der Waals surface area (Å²) in [5, 5.41) is 0. The van der Waals surface area contributed by atoms with Crippen LogP contribution in [0.2, 0.25) is 0 Å². The van der Waals surface area contributed by atoms with Gasteiger partial charge in [0, 0.05) is 19.3 Å². The summed E-state index contributed by atoms with van der Waals surface area (Å²) < 4.78 is 32.8. The molecule has 4 heterocycles. The second-order valence-electron chi connectivity index (χ2n) is 10.7. The zero-order valence-electron chi connectivity index (χ0n) is 19.5. The van der Waals surface area contributed by atoms with Crippen molar-refractivity contribution in [2.45, 2.75) is 57.8 Å². The number of hydrogen-bond acceptors (Lipinski definition) is 6. The number of pyridine rings is 1. The molecule has 4 rings (SSSR count). The second kappa shape index (κ2) is 8.91. The van der Waals surface area contributed by atoms with Crippen LogP contribution in [0.25, 0.3) is 0 Å². The number of amides is 1. The predicted molar refractivity (Wildman–Crippen MR) is 123 cm³/mol. The fourth-order valence-electron chi connectivity index (χ4n) is 4.88. The number of nitrogens with zero attached hydrogens (tertiary/aromatic N) is 4. The molecule has 178 valence electrons. The Morgan fingerprint density at radius 2 is 1.69 bits per heavy atom. The number of carbonyl (C=O) groups excluding carboxylic acids is 1. The van der Waals surface area contributed by atoms with Gasteiger partial charge in [-0.05, 0) is 74.7 Å². The van der Waals surface area contributed by atoms with E-state index in [1.54, 1.807) is 16.4 Å². The molecule has 1 aromatic rings. The van der Waals surface area contributed by atoms with Gasteiger partial charge in [0.05, 0.1) is 6.54 Å². The lowest BCUT2D eigenvalue weighted by Crippen LogP contribution is -2.48. The van der Waals surface area contributed by atoms with E-state index in [1.165, 1.54) is 17.5 Å². The van der Waals surface area contributed by atoms with Gasteiger partial charge in [-0.2, -0.15) is 4.31 Å². The predicted octanol–water partition coefficient (Wildman–Crippen LogP) is 3.34. The first kappa shape index (κ1) is 23.4. The maximum Gasteiger partial charge on any atom is 0.415 e. The molecule has 3 aliphatic rings. The molecular formula is C23H36N4O4S. The van der Waals surface area contributed by atoms with Crippen LogP contribution < -0.4 is 4.90 Å². The first-order valence-corrected chi connectivity index (χ1v) is 13.2. The molecule has 0 saturated carbocycles. The van der Waals surface area contributed by atoms with Crippen LogP contribution in [0, 0.1) is 10.8 Å². The molecule has 9 heteroatoms. The fraction of sp³-hybridized carbons (Fsp3) is 0.739. The summed E-state index contributed by atoms with van der Waals surface area (Å²) in [4.78, 5) is 20.1. The second-order valence-corrected chi connectivity index (χ2v) is 12.6. The molecule has 1 amide bonds. The Balaban J connectivity index is 1.32. The highest BCUT2D eigenvalue weighted by Gasteiger charge is 2.40. The molecule has 3 aliphatic heterocycles. The van der Waals surface area contributed by atoms with E-state index in [0.717, 1.165) is 45.3 Å². The van der Waals surface area contributed by atoms with Crippen LogP contribution in [0.1, 0.15) is 52.9 Å². The van der Waals surface area contributed by atoms with E-state index in [9.17, 15) is 13.2 Å². The molecule has 3 fully saturated rings. The van der Waals surface area contributed by atoms with Crippen molar-refractivity contribution in [2.75, 3.05) is 50.8 Å². The van der Waals surface area contributed by atoms with Gasteiger partial charge < -0.3 is 9.64 Å². The first-order valence-electron chi connectivity index (χ1n) is 11.7. The van der Waals surface area contributed by atoms with Crippen LogP contribution in [0.3, 0.4) is 0 Å². The smallest absolute Gasteiger partial charge is 0.415 e. The normalized spacial score (nSPS) is 23.0. The number of sulfonamides is 1. The molecule has 1 spiro atoms. The molecule has 3 saturated heterocycles. The summed E-state index contributed by atoms with van der Waals surface area (Å²) in [7, 11) is -3.58. The lowest BCUT2D eigenvalue weighted by molar-refractivity contribution is 0.0518. The van der Waals surface area contributed by atoms with Crippen LogP contribution >= 0.6 is 0 Å². The Kier molecular flexibility index (Phi) is 6.53. The summed E-state index contributed by atoms with van der Waals surface area (Å²) in [6.45, 7) is 12.1. The maximum absolute atomic E-state index is 13.2. The van der Waals surface area contributed by atoms with Gasteiger partial charge in [-0.1, -0.05) is 20.8 Å². The van der Waals surface area contributed by atoms with Crippen molar-refractivity contribution in [3.8, 4) is 0 Å². The van der Waals surface area contributed by atoms with E-state index < -0.39 is 16.1 Å². The number of rotatable bonds is 5. The van der Waals surface area contributed by atoms with Crippen LogP contribution in [-0.4, -0.2) is 74.6 Å². The molecule has 0 N–H and O–H groups in total. The highest BCUT2D eigenvalue weighted by molar-refractivity contribution is 7.89. The zero-order valence-corrected chi connectivity index (χ0v) is 20.4.